The topological polar surface area (TPSA) is 117 Å². The summed E-state index contributed by atoms with van der Waals surface area (Å²) in [7, 11) is 0. The molecule has 1 atom stereocenters. The number of aliphatic hydroxyl groups excluding tert-OH is 1. The number of pyridine rings is 1. The molecule has 1 aliphatic rings. The molecule has 0 bridgehead atoms. The summed E-state index contributed by atoms with van der Waals surface area (Å²) in [6.07, 6.45) is 5.33. The fraction of sp³-hybridized carbons (Fsp3) is 0.409. The van der Waals surface area contributed by atoms with E-state index < -0.39 is 0 Å². The van der Waals surface area contributed by atoms with Crippen LogP contribution in [-0.2, 0) is 0 Å². The largest absolute Gasteiger partial charge is 0.394 e. The van der Waals surface area contributed by atoms with E-state index in [-0.39, 0.29) is 18.2 Å². The highest BCUT2D eigenvalue weighted by Crippen LogP contribution is 2.30. The van der Waals surface area contributed by atoms with Gasteiger partial charge in [0.15, 0.2) is 11.6 Å². The van der Waals surface area contributed by atoms with Crippen LogP contribution in [0, 0.1) is 0 Å². The molecule has 4 aromatic rings. The number of hydrogen-bond acceptors (Lipinski definition) is 9. The molecule has 0 aromatic carbocycles. The maximum absolute atomic E-state index is 9.77. The van der Waals surface area contributed by atoms with E-state index >= 15 is 0 Å². The first-order valence-corrected chi connectivity index (χ1v) is 10.8. The number of fused-ring (bicyclic) bond motifs is 3. The number of rotatable bonds is 5. The van der Waals surface area contributed by atoms with Crippen LogP contribution >= 0.6 is 0 Å². The minimum absolute atomic E-state index is 0.00367. The molecule has 166 valence electrons. The molecule has 0 radical (unpaired) electrons. The van der Waals surface area contributed by atoms with Gasteiger partial charge in [0.25, 0.3) is 0 Å². The van der Waals surface area contributed by atoms with Crippen LogP contribution in [-0.4, -0.2) is 66.6 Å². The van der Waals surface area contributed by atoms with Crippen LogP contribution < -0.4 is 15.5 Å². The van der Waals surface area contributed by atoms with Gasteiger partial charge in [0.05, 0.1) is 24.4 Å². The zero-order chi connectivity index (χ0) is 22.3. The molecular weight excluding hydrogens is 406 g/mol. The fourth-order valence-corrected chi connectivity index (χ4v) is 4.27. The Morgan fingerprint density at radius 2 is 2.06 bits per heavy atom. The van der Waals surface area contributed by atoms with Gasteiger partial charge in [-0.1, -0.05) is 0 Å². The first-order valence-electron chi connectivity index (χ1n) is 10.8. The lowest BCUT2D eigenvalue weighted by molar-refractivity contribution is 0.243. The molecule has 10 nitrogen and oxygen atoms in total. The Bertz CT molecular complexity index is 1250. The Morgan fingerprint density at radius 1 is 1.19 bits per heavy atom. The average Bonchev–Trinajstić information content (AvgIpc) is 3.12. The molecule has 1 aliphatic heterocycles. The molecule has 10 heteroatoms. The first-order chi connectivity index (χ1) is 15.4. The standard InChI is InChI=1S/C22H27N9O/c1-14(12-32)31-17-11-23-7-6-15(17)16-10-24-21(27-20(16)31)26-18-4-5-19(29-28-18)30-9-8-25-22(2,3)13-30/h4-7,10-11,14,25,32H,8-9,12-13H2,1-3H3,(H,24,26,27,28)/t14-/m1/s1. The smallest absolute Gasteiger partial charge is 0.230 e. The van der Waals surface area contributed by atoms with Crippen molar-refractivity contribution in [2.75, 3.05) is 36.5 Å². The van der Waals surface area contributed by atoms with E-state index in [2.05, 4.69) is 49.5 Å². The summed E-state index contributed by atoms with van der Waals surface area (Å²) < 4.78 is 1.99. The molecule has 0 amide bonds. The van der Waals surface area contributed by atoms with E-state index in [1.807, 2.05) is 29.7 Å². The molecule has 4 aromatic heterocycles. The van der Waals surface area contributed by atoms with Gasteiger partial charge >= 0.3 is 0 Å². The SMILES string of the molecule is C[C@H](CO)n1c2cnccc2c2cnc(Nc3ccc(N4CCNC(C)(C)C4)nn3)nc21. The molecule has 5 rings (SSSR count). The summed E-state index contributed by atoms with van der Waals surface area (Å²) >= 11 is 0. The maximum atomic E-state index is 9.77. The second-order valence-corrected chi connectivity index (χ2v) is 8.86. The minimum Gasteiger partial charge on any atom is -0.394 e. The molecule has 0 unspecified atom stereocenters. The van der Waals surface area contributed by atoms with Crippen LogP contribution in [0.2, 0.25) is 0 Å². The van der Waals surface area contributed by atoms with Crippen molar-refractivity contribution in [3.8, 4) is 0 Å². The van der Waals surface area contributed by atoms with Gasteiger partial charge in [-0.3, -0.25) is 4.98 Å². The zero-order valence-electron chi connectivity index (χ0n) is 18.4. The van der Waals surface area contributed by atoms with Gasteiger partial charge in [-0.05, 0) is 39.0 Å². The number of nitrogens with zero attached hydrogens (tertiary/aromatic N) is 7. The van der Waals surface area contributed by atoms with Crippen LogP contribution in [0.1, 0.15) is 26.8 Å². The van der Waals surface area contributed by atoms with Crippen LogP contribution in [0.5, 0.6) is 0 Å². The Kier molecular flexibility index (Phi) is 5.10. The van der Waals surface area contributed by atoms with E-state index in [1.54, 1.807) is 18.6 Å². The van der Waals surface area contributed by atoms with E-state index in [0.29, 0.717) is 11.8 Å². The van der Waals surface area contributed by atoms with Gasteiger partial charge in [-0.2, -0.15) is 4.98 Å². The van der Waals surface area contributed by atoms with Crippen molar-refractivity contribution in [1.82, 2.24) is 35.0 Å². The van der Waals surface area contributed by atoms with E-state index in [0.717, 1.165) is 47.4 Å². The highest BCUT2D eigenvalue weighted by Gasteiger charge is 2.26. The molecule has 0 aliphatic carbocycles. The van der Waals surface area contributed by atoms with Crippen LogP contribution in [0.15, 0.2) is 36.8 Å². The summed E-state index contributed by atoms with van der Waals surface area (Å²) in [5.41, 5.74) is 1.69. The fourth-order valence-electron chi connectivity index (χ4n) is 4.27. The predicted molar refractivity (Wildman–Crippen MR) is 124 cm³/mol. The Morgan fingerprint density at radius 3 is 2.81 bits per heavy atom. The van der Waals surface area contributed by atoms with Crippen molar-refractivity contribution in [3.05, 3.63) is 36.8 Å². The summed E-state index contributed by atoms with van der Waals surface area (Å²) in [5.74, 6) is 1.85. The predicted octanol–water partition coefficient (Wildman–Crippen LogP) is 2.25. The summed E-state index contributed by atoms with van der Waals surface area (Å²) in [6, 6.07) is 5.65. The average molecular weight is 434 g/mol. The van der Waals surface area contributed by atoms with Gasteiger partial charge in [0.2, 0.25) is 5.95 Å². The third-order valence-corrected chi connectivity index (χ3v) is 5.84. The van der Waals surface area contributed by atoms with Crippen molar-refractivity contribution >= 4 is 39.5 Å². The minimum atomic E-state index is -0.149. The second-order valence-electron chi connectivity index (χ2n) is 8.86. The number of aromatic nitrogens is 6. The molecule has 32 heavy (non-hydrogen) atoms. The van der Waals surface area contributed by atoms with E-state index in [1.165, 1.54) is 0 Å². The molecule has 1 fully saturated rings. The maximum Gasteiger partial charge on any atom is 0.230 e. The van der Waals surface area contributed by atoms with Crippen LogP contribution in [0.25, 0.3) is 21.9 Å². The van der Waals surface area contributed by atoms with Crippen molar-refractivity contribution in [3.63, 3.8) is 0 Å². The Labute approximate surface area is 185 Å². The number of aliphatic hydroxyl groups is 1. The van der Waals surface area contributed by atoms with Crippen molar-refractivity contribution in [1.29, 1.82) is 0 Å². The summed E-state index contributed by atoms with van der Waals surface area (Å²) in [6.45, 7) is 8.99. The van der Waals surface area contributed by atoms with Gasteiger partial charge in [0, 0.05) is 48.3 Å². The van der Waals surface area contributed by atoms with Gasteiger partial charge in [-0.25, -0.2) is 4.98 Å². The second kappa shape index (κ2) is 7.95. The van der Waals surface area contributed by atoms with Crippen molar-refractivity contribution in [2.24, 2.45) is 0 Å². The number of anilines is 3. The van der Waals surface area contributed by atoms with Crippen LogP contribution in [0.4, 0.5) is 17.6 Å². The lowest BCUT2D eigenvalue weighted by atomic mass is 10.0. The van der Waals surface area contributed by atoms with E-state index in [9.17, 15) is 5.11 Å². The molecule has 3 N–H and O–H groups in total. The molecule has 0 spiro atoms. The molecule has 5 heterocycles. The summed E-state index contributed by atoms with van der Waals surface area (Å²) in [4.78, 5) is 15.7. The van der Waals surface area contributed by atoms with Gasteiger partial charge in [-0.15, -0.1) is 10.2 Å². The number of nitrogens with one attached hydrogen (secondary N) is 2. The highest BCUT2D eigenvalue weighted by molar-refractivity contribution is 6.06. The Hall–Kier alpha value is -3.37. The monoisotopic (exact) mass is 433 g/mol. The number of piperazine rings is 1. The molecular formula is C22H27N9O. The molecule has 1 saturated heterocycles. The third-order valence-electron chi connectivity index (χ3n) is 5.84. The Balaban J connectivity index is 1.44. The third kappa shape index (κ3) is 3.71. The quantitative estimate of drug-likeness (QED) is 0.436. The first kappa shape index (κ1) is 20.5. The van der Waals surface area contributed by atoms with Crippen LogP contribution in [0.3, 0.4) is 0 Å². The van der Waals surface area contributed by atoms with E-state index in [4.69, 9.17) is 4.98 Å². The summed E-state index contributed by atoms with van der Waals surface area (Å²) in [5, 5.41) is 27.1. The van der Waals surface area contributed by atoms with Gasteiger partial charge < -0.3 is 25.2 Å². The van der Waals surface area contributed by atoms with Crippen molar-refractivity contribution < 1.29 is 5.11 Å². The highest BCUT2D eigenvalue weighted by atomic mass is 16.3. The number of hydrogen-bond donors (Lipinski definition) is 3. The lowest BCUT2D eigenvalue weighted by Crippen LogP contribution is -2.57. The van der Waals surface area contributed by atoms with Gasteiger partial charge in [0.1, 0.15) is 5.65 Å². The zero-order valence-corrected chi connectivity index (χ0v) is 18.4. The molecule has 0 saturated carbocycles. The lowest BCUT2D eigenvalue weighted by Gasteiger charge is -2.39. The normalized spacial score (nSPS) is 17.1. The van der Waals surface area contributed by atoms with Crippen molar-refractivity contribution in [2.45, 2.75) is 32.4 Å².